The van der Waals surface area contributed by atoms with E-state index >= 15 is 0 Å². The molecule has 2 aromatic carbocycles. The quantitative estimate of drug-likeness (QED) is 0.595. The van der Waals surface area contributed by atoms with Crippen LogP contribution in [-0.4, -0.2) is 18.5 Å². The molecule has 3 aromatic rings. The van der Waals surface area contributed by atoms with Gasteiger partial charge in [-0.1, -0.05) is 35.9 Å². The van der Waals surface area contributed by atoms with Crippen LogP contribution in [0.1, 0.15) is 33.0 Å². The summed E-state index contributed by atoms with van der Waals surface area (Å²) < 4.78 is 16.1. The van der Waals surface area contributed by atoms with Crippen molar-refractivity contribution in [3.8, 4) is 5.75 Å². The highest BCUT2D eigenvalue weighted by molar-refractivity contribution is 5.95. The maximum Gasteiger partial charge on any atom is 0.374 e. The largest absolute Gasteiger partial charge is 0.486 e. The number of esters is 1. The second kappa shape index (κ2) is 9.10. The van der Waals surface area contributed by atoms with Gasteiger partial charge in [0, 0.05) is 5.69 Å². The zero-order valence-electron chi connectivity index (χ0n) is 16.7. The van der Waals surface area contributed by atoms with Crippen molar-refractivity contribution in [1.82, 2.24) is 0 Å². The van der Waals surface area contributed by atoms with Gasteiger partial charge >= 0.3 is 5.97 Å². The van der Waals surface area contributed by atoms with Crippen LogP contribution in [0, 0.1) is 20.8 Å². The van der Waals surface area contributed by atoms with Crippen molar-refractivity contribution in [2.75, 3.05) is 11.9 Å². The smallest absolute Gasteiger partial charge is 0.374 e. The van der Waals surface area contributed by atoms with E-state index in [4.69, 9.17) is 13.9 Å². The molecule has 0 spiro atoms. The van der Waals surface area contributed by atoms with Gasteiger partial charge in [-0.2, -0.15) is 0 Å². The Kier molecular flexibility index (Phi) is 6.34. The van der Waals surface area contributed by atoms with E-state index < -0.39 is 18.5 Å². The second-order valence-corrected chi connectivity index (χ2v) is 6.77. The van der Waals surface area contributed by atoms with E-state index in [0.29, 0.717) is 11.5 Å². The van der Waals surface area contributed by atoms with Gasteiger partial charge in [-0.15, -0.1) is 0 Å². The van der Waals surface area contributed by atoms with Crippen molar-refractivity contribution in [2.24, 2.45) is 0 Å². The Labute approximate surface area is 169 Å². The first-order valence-electron chi connectivity index (χ1n) is 9.24. The predicted molar refractivity (Wildman–Crippen MR) is 109 cm³/mol. The molecule has 0 atom stereocenters. The fourth-order valence-electron chi connectivity index (χ4n) is 2.99. The Balaban J connectivity index is 1.50. The zero-order chi connectivity index (χ0) is 20.8. The summed E-state index contributed by atoms with van der Waals surface area (Å²) in [5, 5.41) is 2.79. The van der Waals surface area contributed by atoms with Gasteiger partial charge in [0.1, 0.15) is 18.1 Å². The Morgan fingerprint density at radius 2 is 1.66 bits per heavy atom. The number of anilines is 1. The van der Waals surface area contributed by atoms with Crippen LogP contribution >= 0.6 is 0 Å². The van der Waals surface area contributed by atoms with Crippen molar-refractivity contribution in [1.29, 1.82) is 0 Å². The number of para-hydroxylation sites is 1. The van der Waals surface area contributed by atoms with E-state index in [1.807, 2.05) is 63.2 Å². The molecule has 0 saturated heterocycles. The lowest BCUT2D eigenvalue weighted by atomic mass is 10.1. The van der Waals surface area contributed by atoms with Crippen LogP contribution in [0.15, 0.2) is 59.0 Å². The van der Waals surface area contributed by atoms with E-state index in [-0.39, 0.29) is 12.4 Å². The summed E-state index contributed by atoms with van der Waals surface area (Å²) in [6.45, 7) is 5.62. The lowest BCUT2D eigenvalue weighted by molar-refractivity contribution is -0.119. The molecule has 6 heteroatoms. The first-order chi connectivity index (χ1) is 13.9. The lowest BCUT2D eigenvalue weighted by Crippen LogP contribution is -2.21. The average molecular weight is 393 g/mol. The van der Waals surface area contributed by atoms with Crippen LogP contribution in [-0.2, 0) is 16.1 Å². The molecule has 29 heavy (non-hydrogen) atoms. The van der Waals surface area contributed by atoms with Crippen LogP contribution in [0.2, 0.25) is 0 Å². The first-order valence-corrected chi connectivity index (χ1v) is 9.24. The molecular formula is C23H23NO5. The van der Waals surface area contributed by atoms with Gasteiger partial charge in [0.15, 0.2) is 6.61 Å². The third-order valence-corrected chi connectivity index (χ3v) is 4.26. The third kappa shape index (κ3) is 5.48. The van der Waals surface area contributed by atoms with E-state index in [0.717, 1.165) is 22.4 Å². The maximum absolute atomic E-state index is 12.2. The average Bonchev–Trinajstić information content (AvgIpc) is 3.17. The molecule has 3 rings (SSSR count). The summed E-state index contributed by atoms with van der Waals surface area (Å²) in [4.78, 5) is 24.3. The van der Waals surface area contributed by atoms with E-state index in [1.165, 1.54) is 6.07 Å². The molecule has 1 heterocycles. The van der Waals surface area contributed by atoms with Crippen molar-refractivity contribution in [3.63, 3.8) is 0 Å². The number of hydrogen-bond acceptors (Lipinski definition) is 5. The molecule has 0 radical (unpaired) electrons. The summed E-state index contributed by atoms with van der Waals surface area (Å²) in [7, 11) is 0. The lowest BCUT2D eigenvalue weighted by Gasteiger charge is -2.12. The van der Waals surface area contributed by atoms with E-state index in [9.17, 15) is 9.59 Å². The molecule has 6 nitrogen and oxygen atoms in total. The minimum absolute atomic E-state index is 0.0205. The summed E-state index contributed by atoms with van der Waals surface area (Å²) >= 11 is 0. The molecule has 0 saturated carbocycles. The van der Waals surface area contributed by atoms with Gasteiger partial charge in [0.05, 0.1) is 0 Å². The maximum atomic E-state index is 12.2. The van der Waals surface area contributed by atoms with Gasteiger partial charge in [0.25, 0.3) is 5.91 Å². The normalized spacial score (nSPS) is 10.4. The molecule has 0 fully saturated rings. The molecule has 1 aromatic heterocycles. The van der Waals surface area contributed by atoms with Crippen LogP contribution in [0.4, 0.5) is 5.69 Å². The first kappa shape index (κ1) is 20.2. The van der Waals surface area contributed by atoms with Crippen molar-refractivity contribution < 1.29 is 23.5 Å². The van der Waals surface area contributed by atoms with Crippen molar-refractivity contribution >= 4 is 17.6 Å². The molecule has 1 N–H and O–H groups in total. The number of carbonyl (C=O) groups is 2. The number of amides is 1. The number of nitrogens with one attached hydrogen (secondary N) is 1. The monoisotopic (exact) mass is 393 g/mol. The van der Waals surface area contributed by atoms with Gasteiger partial charge in [-0.3, -0.25) is 4.79 Å². The number of hydrogen-bond donors (Lipinski definition) is 1. The SMILES string of the molecule is Cc1cc(C)c(NC(=O)COC(=O)c2ccc(COc3ccccc3)o2)c(C)c1. The number of carbonyl (C=O) groups excluding carboxylic acids is 2. The van der Waals surface area contributed by atoms with Crippen LogP contribution in [0.25, 0.3) is 0 Å². The molecule has 0 unspecified atom stereocenters. The van der Waals surface area contributed by atoms with Crippen LogP contribution in [0.3, 0.4) is 0 Å². The molecule has 0 bridgehead atoms. The number of furan rings is 1. The van der Waals surface area contributed by atoms with E-state index in [1.54, 1.807) is 6.07 Å². The molecule has 0 aliphatic heterocycles. The summed E-state index contributed by atoms with van der Waals surface area (Å²) in [5.41, 5.74) is 3.76. The molecule has 0 aliphatic carbocycles. The highest BCUT2D eigenvalue weighted by Gasteiger charge is 2.16. The van der Waals surface area contributed by atoms with Crippen molar-refractivity contribution in [3.05, 3.63) is 82.8 Å². The number of benzene rings is 2. The zero-order valence-corrected chi connectivity index (χ0v) is 16.7. The third-order valence-electron chi connectivity index (χ3n) is 4.26. The fourth-order valence-corrected chi connectivity index (χ4v) is 2.99. The van der Waals surface area contributed by atoms with Crippen molar-refractivity contribution in [2.45, 2.75) is 27.4 Å². The van der Waals surface area contributed by atoms with Gasteiger partial charge in [-0.25, -0.2) is 4.79 Å². The van der Waals surface area contributed by atoms with Gasteiger partial charge in [-0.05, 0) is 56.2 Å². The molecule has 1 amide bonds. The second-order valence-electron chi connectivity index (χ2n) is 6.77. The predicted octanol–water partition coefficient (Wildman–Crippen LogP) is 4.58. The standard InChI is InChI=1S/C23H23NO5/c1-15-11-16(2)22(17(3)12-15)24-21(25)14-28-23(26)20-10-9-19(29-20)13-27-18-7-5-4-6-8-18/h4-12H,13-14H2,1-3H3,(H,24,25). The van der Waals surface area contributed by atoms with Crippen LogP contribution in [0.5, 0.6) is 5.75 Å². The molecule has 0 aliphatic rings. The minimum Gasteiger partial charge on any atom is -0.486 e. The Morgan fingerprint density at radius 3 is 2.34 bits per heavy atom. The van der Waals surface area contributed by atoms with Gasteiger partial charge in [0.2, 0.25) is 5.76 Å². The number of rotatable bonds is 7. The summed E-state index contributed by atoms with van der Waals surface area (Å²) in [6, 6.07) is 16.4. The van der Waals surface area contributed by atoms with E-state index in [2.05, 4.69) is 5.32 Å². The van der Waals surface area contributed by atoms with Gasteiger partial charge < -0.3 is 19.2 Å². The highest BCUT2D eigenvalue weighted by atomic mass is 16.6. The topological polar surface area (TPSA) is 77.8 Å². The fraction of sp³-hybridized carbons (Fsp3) is 0.217. The van der Waals surface area contributed by atoms with Crippen LogP contribution < -0.4 is 10.1 Å². The molecule has 150 valence electrons. The number of ether oxygens (including phenoxy) is 2. The molecular weight excluding hydrogens is 370 g/mol. The minimum atomic E-state index is -0.705. The highest BCUT2D eigenvalue weighted by Crippen LogP contribution is 2.22. The Bertz CT molecular complexity index is 984. The Hall–Kier alpha value is -3.54. The Morgan fingerprint density at radius 1 is 0.966 bits per heavy atom. The number of aryl methyl sites for hydroxylation is 3. The summed E-state index contributed by atoms with van der Waals surface area (Å²) in [6.07, 6.45) is 0. The summed E-state index contributed by atoms with van der Waals surface area (Å²) in [5.74, 6) is 0.0887.